The molecule has 118 valence electrons. The molecule has 1 aliphatic heterocycles. The van der Waals surface area contributed by atoms with E-state index in [0.717, 1.165) is 19.5 Å². The Hall–Kier alpha value is -0.980. The number of alkyl halides is 3. The van der Waals surface area contributed by atoms with Crippen molar-refractivity contribution in [3.8, 4) is 0 Å². The second kappa shape index (κ2) is 8.34. The fourth-order valence-electron chi connectivity index (χ4n) is 2.40. The molecule has 4 nitrogen and oxygen atoms in total. The molecule has 1 heterocycles. The lowest BCUT2D eigenvalue weighted by Gasteiger charge is -2.27. The summed E-state index contributed by atoms with van der Waals surface area (Å²) in [7, 11) is 1.57. The predicted molar refractivity (Wildman–Crippen MR) is 74.9 cm³/mol. The molecule has 1 aliphatic rings. The molecule has 1 atom stereocenters. The van der Waals surface area contributed by atoms with Gasteiger partial charge in [0.25, 0.3) is 0 Å². The Morgan fingerprint density at radius 3 is 2.40 bits per heavy atom. The maximum Gasteiger partial charge on any atom is 0.390 e. The average molecular weight is 294 g/mol. The van der Waals surface area contributed by atoms with Gasteiger partial charge in [-0.25, -0.2) is 0 Å². The molecule has 0 aromatic rings. The lowest BCUT2D eigenvalue weighted by molar-refractivity contribution is -0.132. The van der Waals surface area contributed by atoms with E-state index in [1.165, 1.54) is 12.8 Å². The first-order valence-corrected chi connectivity index (χ1v) is 7.21. The van der Waals surface area contributed by atoms with Gasteiger partial charge >= 0.3 is 6.18 Å². The van der Waals surface area contributed by atoms with Crippen LogP contribution in [0.5, 0.6) is 0 Å². The zero-order chi connectivity index (χ0) is 15.0. The molecule has 0 bridgehead atoms. The Kier molecular flexibility index (Phi) is 7.12. The van der Waals surface area contributed by atoms with E-state index in [-0.39, 0.29) is 6.54 Å². The lowest BCUT2D eigenvalue weighted by Crippen LogP contribution is -2.46. The number of hydrogen-bond donors (Lipinski definition) is 2. The predicted octanol–water partition coefficient (Wildman–Crippen LogP) is 1.98. The number of nitrogens with one attached hydrogen (secondary N) is 2. The highest BCUT2D eigenvalue weighted by Crippen LogP contribution is 2.18. The van der Waals surface area contributed by atoms with Crippen LogP contribution in [0, 0.1) is 0 Å². The van der Waals surface area contributed by atoms with Crippen LogP contribution >= 0.6 is 0 Å². The molecular formula is C13H25F3N4. The van der Waals surface area contributed by atoms with Crippen LogP contribution < -0.4 is 10.6 Å². The summed E-state index contributed by atoms with van der Waals surface area (Å²) in [6.07, 6.45) is -1.50. The van der Waals surface area contributed by atoms with E-state index in [0.29, 0.717) is 18.5 Å². The summed E-state index contributed by atoms with van der Waals surface area (Å²) in [6, 6.07) is 0.415. The van der Waals surface area contributed by atoms with Gasteiger partial charge in [0.2, 0.25) is 0 Å². The van der Waals surface area contributed by atoms with Crippen LogP contribution in [-0.2, 0) is 0 Å². The Bertz CT molecular complexity index is 298. The molecular weight excluding hydrogens is 269 g/mol. The summed E-state index contributed by atoms with van der Waals surface area (Å²) in [5.41, 5.74) is 0. The van der Waals surface area contributed by atoms with Gasteiger partial charge in [0.15, 0.2) is 5.96 Å². The van der Waals surface area contributed by atoms with Gasteiger partial charge in [-0.1, -0.05) is 6.92 Å². The molecule has 1 unspecified atom stereocenters. The van der Waals surface area contributed by atoms with Crippen molar-refractivity contribution < 1.29 is 13.2 Å². The minimum atomic E-state index is -4.13. The first-order valence-electron chi connectivity index (χ1n) is 7.21. The quantitative estimate of drug-likeness (QED) is 0.581. The van der Waals surface area contributed by atoms with Crippen molar-refractivity contribution in [2.75, 3.05) is 33.2 Å². The number of rotatable bonds is 6. The maximum absolute atomic E-state index is 12.1. The normalized spacial score (nSPS) is 19.1. The molecule has 0 aromatic carbocycles. The smallest absolute Gasteiger partial charge is 0.356 e. The number of halogens is 3. The third-order valence-electron chi connectivity index (χ3n) is 3.56. The van der Waals surface area contributed by atoms with E-state index in [1.54, 1.807) is 7.05 Å². The van der Waals surface area contributed by atoms with E-state index >= 15 is 0 Å². The molecule has 0 spiro atoms. The molecule has 1 saturated heterocycles. The summed E-state index contributed by atoms with van der Waals surface area (Å²) in [5.74, 6) is 0.437. The highest BCUT2D eigenvalue weighted by Gasteiger charge is 2.26. The fraction of sp³-hybridized carbons (Fsp3) is 0.923. The standard InChI is InChI=1S/C13H25F3N4/c1-3-11(20-8-4-5-9-20)10-19-12(17-2)18-7-6-13(14,15)16/h11H,3-10H2,1-2H3,(H2,17,18,19). The van der Waals surface area contributed by atoms with Crippen LogP contribution in [0.25, 0.3) is 0 Å². The highest BCUT2D eigenvalue weighted by atomic mass is 19.4. The van der Waals surface area contributed by atoms with Gasteiger partial charge in [0, 0.05) is 26.2 Å². The topological polar surface area (TPSA) is 39.7 Å². The summed E-state index contributed by atoms with van der Waals surface area (Å²) in [6.45, 7) is 4.91. The van der Waals surface area contributed by atoms with Crippen molar-refractivity contribution in [1.82, 2.24) is 15.5 Å². The zero-order valence-electron chi connectivity index (χ0n) is 12.3. The molecule has 0 radical (unpaired) electrons. The van der Waals surface area contributed by atoms with Crippen molar-refractivity contribution in [3.63, 3.8) is 0 Å². The Morgan fingerprint density at radius 1 is 1.25 bits per heavy atom. The number of aliphatic imine (C=N–C) groups is 1. The molecule has 20 heavy (non-hydrogen) atoms. The largest absolute Gasteiger partial charge is 0.390 e. The van der Waals surface area contributed by atoms with Crippen molar-refractivity contribution in [2.24, 2.45) is 4.99 Å². The molecule has 0 aliphatic carbocycles. The van der Waals surface area contributed by atoms with Crippen LogP contribution in [0.3, 0.4) is 0 Å². The second-order valence-corrected chi connectivity index (χ2v) is 5.05. The number of likely N-dealkylation sites (tertiary alicyclic amines) is 1. The second-order valence-electron chi connectivity index (χ2n) is 5.05. The van der Waals surface area contributed by atoms with Gasteiger partial charge in [-0.3, -0.25) is 9.89 Å². The molecule has 7 heteroatoms. The maximum atomic E-state index is 12.1. The van der Waals surface area contributed by atoms with Gasteiger partial charge in [-0.2, -0.15) is 13.2 Å². The molecule has 2 N–H and O–H groups in total. The van der Waals surface area contributed by atoms with Crippen LogP contribution in [0.15, 0.2) is 4.99 Å². The van der Waals surface area contributed by atoms with Gasteiger partial charge in [0.1, 0.15) is 0 Å². The van der Waals surface area contributed by atoms with Crippen molar-refractivity contribution in [2.45, 2.75) is 44.8 Å². The fourth-order valence-corrected chi connectivity index (χ4v) is 2.40. The summed E-state index contributed by atoms with van der Waals surface area (Å²) in [5, 5.41) is 5.81. The van der Waals surface area contributed by atoms with E-state index in [4.69, 9.17) is 0 Å². The van der Waals surface area contributed by atoms with Gasteiger partial charge in [-0.15, -0.1) is 0 Å². The number of guanidine groups is 1. The van der Waals surface area contributed by atoms with Gasteiger partial charge < -0.3 is 10.6 Å². The zero-order valence-corrected chi connectivity index (χ0v) is 12.3. The van der Waals surface area contributed by atoms with Gasteiger partial charge in [0.05, 0.1) is 6.42 Å². The lowest BCUT2D eigenvalue weighted by atomic mass is 10.2. The summed E-state index contributed by atoms with van der Waals surface area (Å²) < 4.78 is 36.2. The average Bonchev–Trinajstić information content (AvgIpc) is 2.90. The van der Waals surface area contributed by atoms with Crippen molar-refractivity contribution >= 4 is 5.96 Å². The Morgan fingerprint density at radius 2 is 1.90 bits per heavy atom. The molecule has 0 aromatic heterocycles. The van der Waals surface area contributed by atoms with Crippen LogP contribution in [-0.4, -0.2) is 56.3 Å². The minimum Gasteiger partial charge on any atom is -0.356 e. The molecule has 1 fully saturated rings. The first kappa shape index (κ1) is 17.1. The third-order valence-corrected chi connectivity index (χ3v) is 3.56. The SMILES string of the molecule is CCC(CNC(=NC)NCCC(F)(F)F)N1CCCC1. The number of nitrogens with zero attached hydrogens (tertiary/aromatic N) is 2. The van der Waals surface area contributed by atoms with Crippen molar-refractivity contribution in [3.05, 3.63) is 0 Å². The molecule has 1 rings (SSSR count). The molecule has 0 saturated carbocycles. The van der Waals surface area contributed by atoms with E-state index < -0.39 is 12.6 Å². The summed E-state index contributed by atoms with van der Waals surface area (Å²) >= 11 is 0. The van der Waals surface area contributed by atoms with E-state index in [2.05, 4.69) is 27.4 Å². The Balaban J connectivity index is 2.29. The van der Waals surface area contributed by atoms with Gasteiger partial charge in [-0.05, 0) is 32.4 Å². The van der Waals surface area contributed by atoms with Crippen LogP contribution in [0.2, 0.25) is 0 Å². The van der Waals surface area contributed by atoms with Crippen LogP contribution in [0.1, 0.15) is 32.6 Å². The van der Waals surface area contributed by atoms with Crippen LogP contribution in [0.4, 0.5) is 13.2 Å². The monoisotopic (exact) mass is 294 g/mol. The number of hydrogen-bond acceptors (Lipinski definition) is 2. The minimum absolute atomic E-state index is 0.149. The first-order chi connectivity index (χ1) is 9.46. The third kappa shape index (κ3) is 6.45. The van der Waals surface area contributed by atoms with Crippen molar-refractivity contribution in [1.29, 1.82) is 0 Å². The summed E-state index contributed by atoms with van der Waals surface area (Å²) in [4.78, 5) is 6.38. The highest BCUT2D eigenvalue weighted by molar-refractivity contribution is 5.79. The Labute approximate surface area is 118 Å². The molecule has 0 amide bonds. The van der Waals surface area contributed by atoms with E-state index in [1.807, 2.05) is 0 Å². The van der Waals surface area contributed by atoms with E-state index in [9.17, 15) is 13.2 Å².